The molecule has 1 aliphatic carbocycles. The van der Waals surface area contributed by atoms with Crippen molar-refractivity contribution in [3.8, 4) is 5.75 Å². The smallest absolute Gasteiger partial charge is 0.405 e. The normalized spacial score (nSPS) is 14.2. The minimum atomic E-state index is -4.77. The number of nitrogens with one attached hydrogen (secondary N) is 1. The number of benzene rings is 2. The molecule has 1 saturated carbocycles. The summed E-state index contributed by atoms with van der Waals surface area (Å²) in [5.41, 5.74) is 1.41. The van der Waals surface area contributed by atoms with Gasteiger partial charge in [0.15, 0.2) is 0 Å². The molecule has 0 aliphatic heterocycles. The van der Waals surface area contributed by atoms with E-state index in [-0.39, 0.29) is 30.3 Å². The summed E-state index contributed by atoms with van der Waals surface area (Å²) in [7, 11) is 0. The lowest BCUT2D eigenvalue weighted by atomic mass is 10.2. The van der Waals surface area contributed by atoms with E-state index in [1.165, 1.54) is 18.2 Å². The maximum atomic E-state index is 12.5. The average Bonchev–Trinajstić information content (AvgIpc) is 3.45. The first-order valence-electron chi connectivity index (χ1n) is 8.79. The van der Waals surface area contributed by atoms with E-state index in [2.05, 4.69) is 15.0 Å². The molecular weight excluding hydrogens is 357 g/mol. The van der Waals surface area contributed by atoms with Crippen molar-refractivity contribution < 1.29 is 22.7 Å². The monoisotopic (exact) mass is 378 g/mol. The minimum absolute atomic E-state index is 0.0189. The van der Waals surface area contributed by atoms with Crippen molar-refractivity contribution in [1.82, 2.24) is 10.2 Å². The second kappa shape index (κ2) is 8.43. The Hall–Kier alpha value is -2.54. The van der Waals surface area contributed by atoms with Crippen LogP contribution in [-0.2, 0) is 17.9 Å². The van der Waals surface area contributed by atoms with Crippen LogP contribution in [0.5, 0.6) is 5.75 Å². The molecule has 0 spiro atoms. The van der Waals surface area contributed by atoms with Crippen LogP contribution < -0.4 is 10.1 Å². The average molecular weight is 378 g/mol. The van der Waals surface area contributed by atoms with Crippen LogP contribution in [0.2, 0.25) is 0 Å². The Morgan fingerprint density at radius 1 is 1.07 bits per heavy atom. The van der Waals surface area contributed by atoms with Crippen LogP contribution in [0.4, 0.5) is 13.2 Å². The van der Waals surface area contributed by atoms with Crippen LogP contribution in [0.1, 0.15) is 24.0 Å². The maximum Gasteiger partial charge on any atom is 0.573 e. The summed E-state index contributed by atoms with van der Waals surface area (Å²) in [6.45, 7) is 0.865. The van der Waals surface area contributed by atoms with Gasteiger partial charge in [-0.1, -0.05) is 48.5 Å². The fourth-order valence-corrected chi connectivity index (χ4v) is 2.88. The van der Waals surface area contributed by atoms with E-state index >= 15 is 0 Å². The summed E-state index contributed by atoms with van der Waals surface area (Å²) >= 11 is 0. The highest BCUT2D eigenvalue weighted by Gasteiger charge is 2.32. The van der Waals surface area contributed by atoms with Crippen molar-refractivity contribution >= 4 is 5.91 Å². The molecule has 7 heteroatoms. The first-order valence-corrected chi connectivity index (χ1v) is 8.79. The summed E-state index contributed by atoms with van der Waals surface area (Å²) in [6, 6.07) is 16.1. The largest absolute Gasteiger partial charge is 0.573 e. The molecule has 1 fully saturated rings. The molecule has 4 nitrogen and oxygen atoms in total. The zero-order chi connectivity index (χ0) is 19.3. The van der Waals surface area contributed by atoms with Gasteiger partial charge in [-0.3, -0.25) is 9.69 Å². The number of carbonyl (C=O) groups is 1. The van der Waals surface area contributed by atoms with Crippen molar-refractivity contribution in [2.45, 2.75) is 38.3 Å². The van der Waals surface area contributed by atoms with E-state index < -0.39 is 6.36 Å². The Bertz CT molecular complexity index is 761. The molecule has 144 valence electrons. The standard InChI is InChI=1S/C20H21F3N2O2/c21-20(22,23)27-18-9-5-4-8-16(18)12-24-19(26)14-25(17-10-11-17)13-15-6-2-1-3-7-15/h1-9,17H,10-14H2,(H,24,26). The fraction of sp³-hybridized carbons (Fsp3) is 0.350. The topological polar surface area (TPSA) is 41.6 Å². The predicted octanol–water partition coefficient (Wildman–Crippen LogP) is 3.87. The van der Waals surface area contributed by atoms with E-state index in [9.17, 15) is 18.0 Å². The Morgan fingerprint density at radius 2 is 1.74 bits per heavy atom. The van der Waals surface area contributed by atoms with Crippen LogP contribution in [0.15, 0.2) is 54.6 Å². The number of carbonyl (C=O) groups excluding carboxylic acids is 1. The Morgan fingerprint density at radius 3 is 2.41 bits per heavy atom. The Labute approximate surface area is 155 Å². The molecule has 1 aliphatic rings. The van der Waals surface area contributed by atoms with Crippen LogP contribution in [-0.4, -0.2) is 29.8 Å². The molecule has 0 unspecified atom stereocenters. The predicted molar refractivity (Wildman–Crippen MR) is 94.8 cm³/mol. The van der Waals surface area contributed by atoms with Crippen LogP contribution >= 0.6 is 0 Å². The highest BCUT2D eigenvalue weighted by atomic mass is 19.4. The summed E-state index contributed by atoms with van der Waals surface area (Å²) < 4.78 is 41.4. The van der Waals surface area contributed by atoms with Gasteiger partial charge >= 0.3 is 6.36 Å². The van der Waals surface area contributed by atoms with Gasteiger partial charge in [-0.25, -0.2) is 0 Å². The lowest BCUT2D eigenvalue weighted by Crippen LogP contribution is -2.38. The Balaban J connectivity index is 1.56. The third-order valence-electron chi connectivity index (χ3n) is 4.31. The summed E-state index contributed by atoms with van der Waals surface area (Å²) in [4.78, 5) is 14.4. The van der Waals surface area contributed by atoms with Crippen LogP contribution in [0, 0.1) is 0 Å². The van der Waals surface area contributed by atoms with Crippen molar-refractivity contribution in [3.63, 3.8) is 0 Å². The highest BCUT2D eigenvalue weighted by molar-refractivity contribution is 5.78. The van der Waals surface area contributed by atoms with Gasteiger partial charge < -0.3 is 10.1 Å². The third kappa shape index (κ3) is 6.29. The molecule has 0 saturated heterocycles. The lowest BCUT2D eigenvalue weighted by Gasteiger charge is -2.21. The van der Waals surface area contributed by atoms with Gasteiger partial charge in [0.25, 0.3) is 0 Å². The van der Waals surface area contributed by atoms with Crippen molar-refractivity contribution in [2.75, 3.05) is 6.54 Å². The zero-order valence-electron chi connectivity index (χ0n) is 14.7. The molecular formula is C20H21F3N2O2. The lowest BCUT2D eigenvalue weighted by molar-refractivity contribution is -0.274. The number of hydrogen-bond acceptors (Lipinski definition) is 3. The second-order valence-corrected chi connectivity index (χ2v) is 6.55. The molecule has 0 aromatic heterocycles. The van der Waals surface area contributed by atoms with Gasteiger partial charge in [0.1, 0.15) is 5.75 Å². The summed E-state index contributed by atoms with van der Waals surface area (Å²) in [5, 5.41) is 2.70. The minimum Gasteiger partial charge on any atom is -0.405 e. The summed E-state index contributed by atoms with van der Waals surface area (Å²) in [6.07, 6.45) is -2.65. The molecule has 2 aromatic rings. The molecule has 3 rings (SSSR count). The van der Waals surface area contributed by atoms with E-state index in [0.717, 1.165) is 18.4 Å². The quantitative estimate of drug-likeness (QED) is 0.758. The number of nitrogens with zero attached hydrogens (tertiary/aromatic N) is 1. The van der Waals surface area contributed by atoms with Gasteiger partial charge in [0.2, 0.25) is 5.91 Å². The van der Waals surface area contributed by atoms with Gasteiger partial charge in [-0.05, 0) is 24.5 Å². The van der Waals surface area contributed by atoms with Crippen LogP contribution in [0.3, 0.4) is 0 Å². The fourth-order valence-electron chi connectivity index (χ4n) is 2.88. The first-order chi connectivity index (χ1) is 12.9. The van der Waals surface area contributed by atoms with Gasteiger partial charge in [0, 0.05) is 24.7 Å². The molecule has 2 aromatic carbocycles. The van der Waals surface area contributed by atoms with E-state index in [1.807, 2.05) is 30.3 Å². The van der Waals surface area contributed by atoms with E-state index in [4.69, 9.17) is 0 Å². The van der Waals surface area contributed by atoms with Gasteiger partial charge in [-0.15, -0.1) is 13.2 Å². The molecule has 0 heterocycles. The van der Waals surface area contributed by atoms with E-state index in [0.29, 0.717) is 12.6 Å². The van der Waals surface area contributed by atoms with Crippen molar-refractivity contribution in [2.24, 2.45) is 0 Å². The highest BCUT2D eigenvalue weighted by Crippen LogP contribution is 2.28. The SMILES string of the molecule is O=C(CN(Cc1ccccc1)C1CC1)NCc1ccccc1OC(F)(F)F. The molecule has 1 amide bonds. The maximum absolute atomic E-state index is 12.5. The number of ether oxygens (including phenoxy) is 1. The van der Waals surface area contributed by atoms with Gasteiger partial charge in [-0.2, -0.15) is 0 Å². The van der Waals surface area contributed by atoms with Crippen molar-refractivity contribution in [1.29, 1.82) is 0 Å². The molecule has 0 radical (unpaired) electrons. The Kier molecular flexibility index (Phi) is 6.01. The number of amides is 1. The number of halogens is 3. The molecule has 0 bridgehead atoms. The van der Waals surface area contributed by atoms with E-state index in [1.54, 1.807) is 6.07 Å². The molecule has 1 N–H and O–H groups in total. The second-order valence-electron chi connectivity index (χ2n) is 6.55. The number of rotatable bonds is 8. The van der Waals surface area contributed by atoms with Crippen molar-refractivity contribution in [3.05, 3.63) is 65.7 Å². The van der Waals surface area contributed by atoms with Gasteiger partial charge in [0.05, 0.1) is 6.54 Å². The third-order valence-corrected chi connectivity index (χ3v) is 4.31. The number of alkyl halides is 3. The zero-order valence-corrected chi connectivity index (χ0v) is 14.7. The van der Waals surface area contributed by atoms with Crippen LogP contribution in [0.25, 0.3) is 0 Å². The summed E-state index contributed by atoms with van der Waals surface area (Å²) in [5.74, 6) is -0.520. The molecule has 0 atom stereocenters. The number of para-hydroxylation sites is 1. The first kappa shape index (κ1) is 19.2. The number of hydrogen-bond donors (Lipinski definition) is 1. The molecule has 27 heavy (non-hydrogen) atoms.